The molecule has 1 saturated carbocycles. The summed E-state index contributed by atoms with van der Waals surface area (Å²) in [5.41, 5.74) is 2.95. The molecule has 2 aromatic carbocycles. The van der Waals surface area contributed by atoms with Crippen molar-refractivity contribution in [2.45, 2.75) is 90.1 Å². The van der Waals surface area contributed by atoms with Crippen molar-refractivity contribution in [2.75, 3.05) is 0 Å². The van der Waals surface area contributed by atoms with E-state index in [4.69, 9.17) is 20.2 Å². The van der Waals surface area contributed by atoms with Crippen LogP contribution in [0, 0.1) is 0 Å². The van der Waals surface area contributed by atoms with Crippen LogP contribution >= 0.6 is 0 Å². The number of aromatic hydroxyl groups is 2. The Morgan fingerprint density at radius 3 is 1.36 bits per heavy atom. The Kier molecular flexibility index (Phi) is 10.1. The molecule has 0 unspecified atom stereocenters. The van der Waals surface area contributed by atoms with Crippen LogP contribution in [0.5, 0.6) is 11.5 Å². The van der Waals surface area contributed by atoms with E-state index in [-0.39, 0.29) is 34.4 Å². The van der Waals surface area contributed by atoms with Gasteiger partial charge in [0.2, 0.25) is 0 Å². The van der Waals surface area contributed by atoms with Gasteiger partial charge < -0.3 is 20.4 Å². The zero-order chi connectivity index (χ0) is 31.2. The van der Waals surface area contributed by atoms with Crippen LogP contribution in [-0.4, -0.2) is 56.9 Å². The maximum absolute atomic E-state index is 11.1. The standard InChI is InChI=1S/C34H42N2O6/c1-33(2,3)25-17-21(11-13-29(37)38)15-23(31(25)41)19-35-27-9-7-8-10-28(27)36-20-24-16-22(12-14-30(39)40)18-26(32(24)42)34(4,5)6/h11-20,27-28,41-42H,7-10H2,1-6H3,(H,37,38)(H,39,40)/b13-11+,14-12+,35-19?,36-20?/t27-,28-/m1/s1. The van der Waals surface area contributed by atoms with Crippen molar-refractivity contribution in [3.8, 4) is 11.5 Å². The molecule has 4 N–H and O–H groups in total. The highest BCUT2D eigenvalue weighted by molar-refractivity contribution is 5.90. The summed E-state index contributed by atoms with van der Waals surface area (Å²) in [5, 5.41) is 40.3. The van der Waals surface area contributed by atoms with E-state index >= 15 is 0 Å². The molecule has 1 fully saturated rings. The molecule has 2 aromatic rings. The van der Waals surface area contributed by atoms with Crippen LogP contribution in [0.15, 0.2) is 46.4 Å². The van der Waals surface area contributed by atoms with E-state index in [2.05, 4.69) is 0 Å². The fourth-order valence-electron chi connectivity index (χ4n) is 5.02. The first-order valence-corrected chi connectivity index (χ1v) is 14.2. The van der Waals surface area contributed by atoms with Gasteiger partial charge in [-0.15, -0.1) is 0 Å². The van der Waals surface area contributed by atoms with Crippen LogP contribution in [0.1, 0.15) is 101 Å². The van der Waals surface area contributed by atoms with E-state index in [0.29, 0.717) is 33.4 Å². The van der Waals surface area contributed by atoms with Crippen molar-refractivity contribution >= 4 is 36.5 Å². The third kappa shape index (κ3) is 8.65. The summed E-state index contributed by atoms with van der Waals surface area (Å²) in [6.45, 7) is 11.9. The lowest BCUT2D eigenvalue weighted by molar-refractivity contribution is -0.132. The smallest absolute Gasteiger partial charge is 0.328 e. The zero-order valence-corrected chi connectivity index (χ0v) is 25.3. The predicted molar refractivity (Wildman–Crippen MR) is 168 cm³/mol. The molecule has 0 aromatic heterocycles. The second-order valence-electron chi connectivity index (χ2n) is 12.8. The summed E-state index contributed by atoms with van der Waals surface area (Å²) < 4.78 is 0. The van der Waals surface area contributed by atoms with Gasteiger partial charge in [-0.3, -0.25) is 9.98 Å². The van der Waals surface area contributed by atoms with Crippen LogP contribution in [0.2, 0.25) is 0 Å². The third-order valence-electron chi connectivity index (χ3n) is 7.28. The number of benzene rings is 2. The number of nitrogens with zero attached hydrogens (tertiary/aromatic N) is 2. The Balaban J connectivity index is 1.98. The van der Waals surface area contributed by atoms with Crippen molar-refractivity contribution in [2.24, 2.45) is 9.98 Å². The lowest BCUT2D eigenvalue weighted by Gasteiger charge is -2.26. The predicted octanol–water partition coefficient (Wildman–Crippen LogP) is 6.74. The Bertz CT molecular complexity index is 1330. The number of hydrogen-bond acceptors (Lipinski definition) is 6. The minimum atomic E-state index is -1.05. The molecular weight excluding hydrogens is 532 g/mol. The number of aliphatic imine (C=N–C) groups is 2. The average molecular weight is 575 g/mol. The number of carboxylic acids is 2. The molecule has 0 spiro atoms. The number of carbonyl (C=O) groups is 2. The number of rotatable bonds is 8. The normalized spacial score (nSPS) is 18.5. The molecule has 0 aliphatic heterocycles. The molecule has 2 atom stereocenters. The van der Waals surface area contributed by atoms with Crippen LogP contribution in [0.3, 0.4) is 0 Å². The summed E-state index contributed by atoms with van der Waals surface area (Å²) in [7, 11) is 0. The van der Waals surface area contributed by atoms with Crippen molar-refractivity contribution in [1.82, 2.24) is 0 Å². The van der Waals surface area contributed by atoms with Gasteiger partial charge in [-0.2, -0.15) is 0 Å². The van der Waals surface area contributed by atoms with E-state index in [1.165, 1.54) is 12.2 Å². The first kappa shape index (κ1) is 32.3. The zero-order valence-electron chi connectivity index (χ0n) is 25.3. The summed E-state index contributed by atoms with van der Waals surface area (Å²) in [5.74, 6) is -1.88. The lowest BCUT2D eigenvalue weighted by Crippen LogP contribution is -2.27. The van der Waals surface area contributed by atoms with Crippen LogP contribution in [0.25, 0.3) is 12.2 Å². The van der Waals surface area contributed by atoms with Crippen molar-refractivity contribution in [3.63, 3.8) is 0 Å². The fourth-order valence-corrected chi connectivity index (χ4v) is 5.02. The summed E-state index contributed by atoms with van der Waals surface area (Å²) in [6.07, 6.45) is 12.0. The molecule has 8 nitrogen and oxygen atoms in total. The van der Waals surface area contributed by atoms with Gasteiger partial charge in [-0.25, -0.2) is 9.59 Å². The molecule has 0 heterocycles. The van der Waals surface area contributed by atoms with E-state index in [1.54, 1.807) is 36.7 Å². The Morgan fingerprint density at radius 1 is 0.690 bits per heavy atom. The topological polar surface area (TPSA) is 140 Å². The largest absolute Gasteiger partial charge is 0.507 e. The molecule has 0 radical (unpaired) electrons. The van der Waals surface area contributed by atoms with Crippen molar-refractivity contribution in [3.05, 3.63) is 69.8 Å². The summed E-state index contributed by atoms with van der Waals surface area (Å²) in [4.78, 5) is 31.8. The Hall–Kier alpha value is -4.20. The molecular formula is C34H42N2O6. The van der Waals surface area contributed by atoms with Crippen LogP contribution < -0.4 is 0 Å². The molecule has 1 aliphatic rings. The van der Waals surface area contributed by atoms with Gasteiger partial charge in [-0.1, -0.05) is 54.4 Å². The monoisotopic (exact) mass is 574 g/mol. The minimum absolute atomic E-state index is 0.112. The number of aliphatic carboxylic acids is 2. The molecule has 0 saturated heterocycles. The van der Waals surface area contributed by atoms with E-state index in [0.717, 1.165) is 37.8 Å². The van der Waals surface area contributed by atoms with Gasteiger partial charge >= 0.3 is 11.9 Å². The van der Waals surface area contributed by atoms with Gasteiger partial charge in [-0.05, 0) is 71.2 Å². The molecule has 8 heteroatoms. The molecule has 0 bridgehead atoms. The van der Waals surface area contributed by atoms with Gasteiger partial charge in [0.05, 0.1) is 12.1 Å². The summed E-state index contributed by atoms with van der Waals surface area (Å²) >= 11 is 0. The number of phenolic OH excluding ortho intramolecular Hbond substituents is 2. The molecule has 3 rings (SSSR count). The number of phenols is 2. The van der Waals surface area contributed by atoms with Crippen LogP contribution in [0.4, 0.5) is 0 Å². The Morgan fingerprint density at radius 2 is 1.05 bits per heavy atom. The molecule has 224 valence electrons. The summed E-state index contributed by atoms with van der Waals surface area (Å²) in [6, 6.07) is 6.72. The van der Waals surface area contributed by atoms with Crippen molar-refractivity contribution in [1.29, 1.82) is 0 Å². The Labute approximate surface area is 247 Å². The highest BCUT2D eigenvalue weighted by Crippen LogP contribution is 2.36. The van der Waals surface area contributed by atoms with E-state index in [1.807, 2.05) is 41.5 Å². The third-order valence-corrected chi connectivity index (χ3v) is 7.28. The fraction of sp³-hybridized carbons (Fsp3) is 0.412. The highest BCUT2D eigenvalue weighted by Gasteiger charge is 2.25. The van der Waals surface area contributed by atoms with Gasteiger partial charge in [0.1, 0.15) is 11.5 Å². The first-order valence-electron chi connectivity index (χ1n) is 14.2. The van der Waals surface area contributed by atoms with E-state index < -0.39 is 11.9 Å². The maximum atomic E-state index is 11.1. The van der Waals surface area contributed by atoms with E-state index in [9.17, 15) is 19.8 Å². The maximum Gasteiger partial charge on any atom is 0.328 e. The quantitative estimate of drug-likeness (QED) is 0.203. The van der Waals surface area contributed by atoms with Crippen LogP contribution in [-0.2, 0) is 20.4 Å². The second-order valence-corrected chi connectivity index (χ2v) is 12.8. The molecule has 1 aliphatic carbocycles. The SMILES string of the molecule is CC(C)(C)c1cc(/C=C/C(=O)O)cc(C=N[C@@H]2CCCC[C@H]2N=Cc2cc(/C=C/C(=O)O)cc(C(C)(C)C)c2O)c1O. The van der Waals surface area contributed by atoms with Gasteiger partial charge in [0.25, 0.3) is 0 Å². The minimum Gasteiger partial charge on any atom is -0.507 e. The lowest BCUT2D eigenvalue weighted by atomic mass is 9.84. The van der Waals surface area contributed by atoms with Crippen molar-refractivity contribution < 1.29 is 30.0 Å². The van der Waals surface area contributed by atoms with Gasteiger partial charge in [0, 0.05) is 46.8 Å². The first-order chi connectivity index (χ1) is 19.6. The average Bonchev–Trinajstić information content (AvgIpc) is 2.89. The second kappa shape index (κ2) is 13.2. The van der Waals surface area contributed by atoms with Gasteiger partial charge in [0.15, 0.2) is 0 Å². The molecule has 0 amide bonds. The molecule has 42 heavy (non-hydrogen) atoms. The number of carboxylic acid groups (broad SMARTS) is 2. The highest BCUT2D eigenvalue weighted by atomic mass is 16.4. The number of hydrogen-bond donors (Lipinski definition) is 4.